The Hall–Kier alpha value is -3.32. The van der Waals surface area contributed by atoms with Crippen molar-refractivity contribution in [1.29, 1.82) is 0 Å². The number of nitrogens with zero attached hydrogens (tertiary/aromatic N) is 1. The Morgan fingerprint density at radius 2 is 1.86 bits per heavy atom. The summed E-state index contributed by atoms with van der Waals surface area (Å²) in [6, 6.07) is 20.4. The highest BCUT2D eigenvalue weighted by atomic mass is 79.9. The van der Waals surface area contributed by atoms with Gasteiger partial charge in [0.25, 0.3) is 5.91 Å². The van der Waals surface area contributed by atoms with Crippen molar-refractivity contribution in [3.05, 3.63) is 76.8 Å². The molecular weight excluding hydrogens is 436 g/mol. The highest BCUT2D eigenvalue weighted by molar-refractivity contribution is 9.10. The maximum atomic E-state index is 12.0. The molecule has 0 aliphatic carbocycles. The van der Waals surface area contributed by atoms with Gasteiger partial charge >= 0.3 is 0 Å². The number of carbonyl (C=O) groups excluding carboxylic acids is 1. The molecule has 0 fully saturated rings. The summed E-state index contributed by atoms with van der Waals surface area (Å²) >= 11 is 3.48. The number of methoxy groups -OCH3 is 1. The second kappa shape index (κ2) is 9.75. The average Bonchev–Trinajstić information content (AvgIpc) is 2.74. The summed E-state index contributed by atoms with van der Waals surface area (Å²) in [5, 5.41) is 13.5. The molecular formula is C22H19BrN2O4. The summed E-state index contributed by atoms with van der Waals surface area (Å²) in [6.45, 7) is -0.181. The second-order valence-corrected chi connectivity index (χ2v) is 6.88. The van der Waals surface area contributed by atoms with Crippen molar-refractivity contribution in [2.75, 3.05) is 13.7 Å². The molecule has 29 heavy (non-hydrogen) atoms. The molecule has 0 aliphatic rings. The number of phenols is 1. The van der Waals surface area contributed by atoms with Gasteiger partial charge < -0.3 is 14.6 Å². The molecule has 1 amide bonds. The Bertz CT molecular complexity index is 1020. The monoisotopic (exact) mass is 454 g/mol. The van der Waals surface area contributed by atoms with Crippen LogP contribution < -0.4 is 14.9 Å². The normalized spacial score (nSPS) is 10.7. The van der Waals surface area contributed by atoms with Crippen LogP contribution in [0.2, 0.25) is 0 Å². The molecule has 0 unspecified atom stereocenters. The first-order valence-corrected chi connectivity index (χ1v) is 9.53. The van der Waals surface area contributed by atoms with Crippen molar-refractivity contribution in [3.8, 4) is 28.4 Å². The number of ether oxygens (including phenoxy) is 2. The lowest BCUT2D eigenvalue weighted by atomic mass is 10.1. The maximum Gasteiger partial charge on any atom is 0.277 e. The fourth-order valence-electron chi connectivity index (χ4n) is 2.56. The van der Waals surface area contributed by atoms with Gasteiger partial charge in [-0.1, -0.05) is 36.4 Å². The van der Waals surface area contributed by atoms with E-state index in [9.17, 15) is 9.90 Å². The van der Waals surface area contributed by atoms with E-state index in [1.807, 2.05) is 48.5 Å². The van der Waals surface area contributed by atoms with Crippen LogP contribution in [0.25, 0.3) is 11.1 Å². The number of hydrogen-bond acceptors (Lipinski definition) is 5. The van der Waals surface area contributed by atoms with Gasteiger partial charge in [0.05, 0.1) is 17.8 Å². The lowest BCUT2D eigenvalue weighted by Gasteiger charge is -2.09. The largest absolute Gasteiger partial charge is 0.504 e. The summed E-state index contributed by atoms with van der Waals surface area (Å²) in [7, 11) is 1.46. The van der Waals surface area contributed by atoms with Crippen LogP contribution in [0, 0.1) is 0 Å². The third-order valence-electron chi connectivity index (χ3n) is 4.00. The van der Waals surface area contributed by atoms with Crippen LogP contribution in [0.4, 0.5) is 0 Å². The summed E-state index contributed by atoms with van der Waals surface area (Å²) in [4.78, 5) is 12.0. The number of nitrogens with one attached hydrogen (secondary N) is 1. The first kappa shape index (κ1) is 20.4. The molecule has 0 aromatic heterocycles. The third-order valence-corrected chi connectivity index (χ3v) is 4.62. The average molecular weight is 455 g/mol. The van der Waals surface area contributed by atoms with Crippen LogP contribution >= 0.6 is 15.9 Å². The topological polar surface area (TPSA) is 80.2 Å². The molecule has 0 radical (unpaired) electrons. The first-order valence-electron chi connectivity index (χ1n) is 8.73. The molecule has 6 nitrogen and oxygen atoms in total. The number of phenolic OH excluding ortho intramolecular Hbond substituents is 1. The minimum Gasteiger partial charge on any atom is -0.504 e. The predicted molar refractivity (Wildman–Crippen MR) is 115 cm³/mol. The lowest BCUT2D eigenvalue weighted by molar-refractivity contribution is -0.123. The van der Waals surface area contributed by atoms with Gasteiger partial charge in [-0.3, -0.25) is 4.79 Å². The van der Waals surface area contributed by atoms with Gasteiger partial charge in [0, 0.05) is 0 Å². The molecule has 3 rings (SSSR count). The summed E-state index contributed by atoms with van der Waals surface area (Å²) in [6.07, 6.45) is 1.45. The number of benzene rings is 3. The zero-order valence-electron chi connectivity index (χ0n) is 15.6. The first-order chi connectivity index (χ1) is 14.1. The maximum absolute atomic E-state index is 12.0. The fraction of sp³-hybridized carbons (Fsp3) is 0.0909. The number of hydrogen-bond donors (Lipinski definition) is 2. The second-order valence-electron chi connectivity index (χ2n) is 6.02. The molecule has 7 heteroatoms. The fourth-order valence-corrected chi connectivity index (χ4v) is 3.05. The molecule has 0 bridgehead atoms. The molecule has 0 saturated carbocycles. The summed E-state index contributed by atoms with van der Waals surface area (Å²) in [5.74, 6) is 0.525. The smallest absolute Gasteiger partial charge is 0.277 e. The van der Waals surface area contributed by atoms with E-state index in [4.69, 9.17) is 9.47 Å². The van der Waals surface area contributed by atoms with Crippen LogP contribution in [-0.4, -0.2) is 30.9 Å². The molecule has 3 aromatic carbocycles. The number of hydrazone groups is 1. The van der Waals surface area contributed by atoms with Gasteiger partial charge in [-0.05, 0) is 63.0 Å². The van der Waals surface area contributed by atoms with E-state index >= 15 is 0 Å². The van der Waals surface area contributed by atoms with Crippen molar-refractivity contribution in [2.24, 2.45) is 5.10 Å². The van der Waals surface area contributed by atoms with Gasteiger partial charge in [-0.15, -0.1) is 0 Å². The van der Waals surface area contributed by atoms with Gasteiger partial charge in [-0.25, -0.2) is 5.43 Å². The molecule has 3 aromatic rings. The van der Waals surface area contributed by atoms with E-state index in [0.717, 1.165) is 15.6 Å². The van der Waals surface area contributed by atoms with Crippen LogP contribution in [0.15, 0.2) is 76.3 Å². The minimum atomic E-state index is -0.397. The van der Waals surface area contributed by atoms with Crippen molar-refractivity contribution in [2.45, 2.75) is 0 Å². The SMILES string of the molecule is COc1cc(/C=N/NC(=O)COc2ccc(-c3ccccc3)cc2Br)ccc1O. The van der Waals surface area contributed by atoms with Crippen molar-refractivity contribution < 1.29 is 19.4 Å². The Balaban J connectivity index is 1.54. The molecule has 2 N–H and O–H groups in total. The minimum absolute atomic E-state index is 0.0333. The van der Waals surface area contributed by atoms with Crippen LogP contribution in [-0.2, 0) is 4.79 Å². The van der Waals surface area contributed by atoms with E-state index in [-0.39, 0.29) is 12.4 Å². The number of halogens is 1. The summed E-state index contributed by atoms with van der Waals surface area (Å²) < 4.78 is 11.3. The predicted octanol–water partition coefficient (Wildman–Crippen LogP) is 4.36. The molecule has 0 heterocycles. The van der Waals surface area contributed by atoms with Gasteiger partial charge in [-0.2, -0.15) is 5.10 Å². The Labute approximate surface area is 176 Å². The zero-order valence-corrected chi connectivity index (χ0v) is 17.2. The van der Waals surface area contributed by atoms with Gasteiger partial charge in [0.2, 0.25) is 0 Å². The highest BCUT2D eigenvalue weighted by Crippen LogP contribution is 2.30. The van der Waals surface area contributed by atoms with Gasteiger partial charge in [0.15, 0.2) is 18.1 Å². The number of carbonyl (C=O) groups is 1. The number of amides is 1. The third kappa shape index (κ3) is 5.58. The molecule has 0 saturated heterocycles. The van der Waals surface area contributed by atoms with Gasteiger partial charge in [0.1, 0.15) is 5.75 Å². The Kier molecular flexibility index (Phi) is 6.86. The Morgan fingerprint density at radius 3 is 2.59 bits per heavy atom. The lowest BCUT2D eigenvalue weighted by Crippen LogP contribution is -2.24. The van der Waals surface area contributed by atoms with E-state index < -0.39 is 5.91 Å². The van der Waals surface area contributed by atoms with Crippen molar-refractivity contribution >= 4 is 28.1 Å². The van der Waals surface area contributed by atoms with E-state index in [0.29, 0.717) is 17.1 Å². The van der Waals surface area contributed by atoms with Crippen molar-refractivity contribution in [3.63, 3.8) is 0 Å². The van der Waals surface area contributed by atoms with Crippen LogP contribution in [0.5, 0.6) is 17.2 Å². The quantitative estimate of drug-likeness (QED) is 0.410. The van der Waals surface area contributed by atoms with Crippen LogP contribution in [0.3, 0.4) is 0 Å². The molecule has 0 aliphatic heterocycles. The van der Waals surface area contributed by atoms with E-state index in [2.05, 4.69) is 26.5 Å². The van der Waals surface area contributed by atoms with Crippen LogP contribution in [0.1, 0.15) is 5.56 Å². The zero-order chi connectivity index (χ0) is 20.6. The molecule has 148 valence electrons. The number of rotatable bonds is 7. The van der Waals surface area contributed by atoms with Crippen molar-refractivity contribution in [1.82, 2.24) is 5.43 Å². The standard InChI is InChI=1S/C22H19BrN2O4/c1-28-21-11-15(7-9-19(21)26)13-24-25-22(27)14-29-20-10-8-17(12-18(20)23)16-5-3-2-4-6-16/h2-13,26H,14H2,1H3,(H,25,27)/b24-13+. The molecule has 0 spiro atoms. The van der Waals surface area contributed by atoms with E-state index in [1.54, 1.807) is 12.1 Å². The number of aromatic hydroxyl groups is 1. The Morgan fingerprint density at radius 1 is 1.07 bits per heavy atom. The molecule has 0 atom stereocenters. The van der Waals surface area contributed by atoms with E-state index in [1.165, 1.54) is 19.4 Å². The summed E-state index contributed by atoms with van der Waals surface area (Å²) in [5.41, 5.74) is 5.20. The highest BCUT2D eigenvalue weighted by Gasteiger charge is 2.07.